The summed E-state index contributed by atoms with van der Waals surface area (Å²) in [7, 11) is -2.58. The lowest BCUT2D eigenvalue weighted by atomic mass is 10.1. The van der Waals surface area contributed by atoms with E-state index in [0.717, 1.165) is 29.8 Å². The molecule has 2 aromatic rings. The van der Waals surface area contributed by atoms with E-state index in [1.165, 1.54) is 19.2 Å². The summed E-state index contributed by atoms with van der Waals surface area (Å²) >= 11 is 0. The monoisotopic (exact) mass is 409 g/mol. The SMILES string of the molecule is COCC(=O)N(Cc1ccc(OS(=O)(=O)c2ccc(F)cc2)cc1)CC(C)C. The number of carbonyl (C=O) groups excluding carboxylic acids is 1. The van der Waals surface area contributed by atoms with Gasteiger partial charge in [0, 0.05) is 20.2 Å². The van der Waals surface area contributed by atoms with Crippen molar-refractivity contribution in [3.8, 4) is 5.75 Å². The van der Waals surface area contributed by atoms with E-state index in [1.807, 2.05) is 13.8 Å². The van der Waals surface area contributed by atoms with Gasteiger partial charge in [-0.3, -0.25) is 4.79 Å². The van der Waals surface area contributed by atoms with Crippen LogP contribution in [0.2, 0.25) is 0 Å². The highest BCUT2D eigenvalue weighted by Gasteiger charge is 2.18. The van der Waals surface area contributed by atoms with Gasteiger partial charge in [0.05, 0.1) is 0 Å². The standard InChI is InChI=1S/C20H24FNO5S/c1-15(2)12-22(20(23)14-26-3)13-16-4-8-18(9-5-16)27-28(24,25)19-10-6-17(21)7-11-19/h4-11,15H,12-14H2,1-3H3. The molecule has 0 aliphatic carbocycles. The molecule has 6 nitrogen and oxygen atoms in total. The Kier molecular flexibility index (Phi) is 7.53. The fourth-order valence-electron chi connectivity index (χ4n) is 2.56. The number of methoxy groups -OCH3 is 1. The van der Waals surface area contributed by atoms with Crippen LogP contribution in [0.3, 0.4) is 0 Å². The average molecular weight is 409 g/mol. The first-order valence-corrected chi connectivity index (χ1v) is 10.2. The van der Waals surface area contributed by atoms with Crippen LogP contribution in [0.25, 0.3) is 0 Å². The van der Waals surface area contributed by atoms with Crippen LogP contribution in [0.5, 0.6) is 5.75 Å². The molecule has 0 saturated heterocycles. The van der Waals surface area contributed by atoms with Gasteiger partial charge in [0.15, 0.2) is 0 Å². The first-order valence-electron chi connectivity index (χ1n) is 8.77. The molecule has 0 aliphatic heterocycles. The number of hydrogen-bond donors (Lipinski definition) is 0. The molecule has 0 bridgehead atoms. The van der Waals surface area contributed by atoms with Crippen LogP contribution in [0.1, 0.15) is 19.4 Å². The average Bonchev–Trinajstić information content (AvgIpc) is 2.62. The Morgan fingerprint density at radius 1 is 1.07 bits per heavy atom. The maximum Gasteiger partial charge on any atom is 0.339 e. The van der Waals surface area contributed by atoms with Crippen molar-refractivity contribution in [2.45, 2.75) is 25.3 Å². The maximum absolute atomic E-state index is 13.0. The van der Waals surface area contributed by atoms with Gasteiger partial charge in [-0.1, -0.05) is 26.0 Å². The number of halogens is 1. The summed E-state index contributed by atoms with van der Waals surface area (Å²) in [6.07, 6.45) is 0. The van der Waals surface area contributed by atoms with Gasteiger partial charge >= 0.3 is 10.1 Å². The molecule has 0 atom stereocenters. The lowest BCUT2D eigenvalue weighted by Gasteiger charge is -2.24. The first-order chi connectivity index (χ1) is 13.2. The molecule has 152 valence electrons. The number of nitrogens with zero attached hydrogens (tertiary/aromatic N) is 1. The Bertz CT molecular complexity index is 880. The summed E-state index contributed by atoms with van der Waals surface area (Å²) in [5.74, 6) is -0.219. The summed E-state index contributed by atoms with van der Waals surface area (Å²) < 4.78 is 47.5. The van der Waals surface area contributed by atoms with E-state index in [0.29, 0.717) is 19.0 Å². The van der Waals surface area contributed by atoms with Gasteiger partial charge in [0.2, 0.25) is 5.91 Å². The molecule has 0 heterocycles. The van der Waals surface area contributed by atoms with Gasteiger partial charge in [-0.2, -0.15) is 8.42 Å². The van der Waals surface area contributed by atoms with Crippen molar-refractivity contribution in [1.29, 1.82) is 0 Å². The lowest BCUT2D eigenvalue weighted by Crippen LogP contribution is -2.36. The zero-order chi connectivity index (χ0) is 20.7. The van der Waals surface area contributed by atoms with Gasteiger partial charge in [-0.25, -0.2) is 4.39 Å². The predicted octanol–water partition coefficient (Wildman–Crippen LogP) is 3.22. The zero-order valence-corrected chi connectivity index (χ0v) is 16.9. The molecule has 2 aromatic carbocycles. The summed E-state index contributed by atoms with van der Waals surface area (Å²) in [5, 5.41) is 0. The topological polar surface area (TPSA) is 72.9 Å². The van der Waals surface area contributed by atoms with E-state index in [4.69, 9.17) is 8.92 Å². The molecule has 0 N–H and O–H groups in total. The highest BCUT2D eigenvalue weighted by molar-refractivity contribution is 7.87. The van der Waals surface area contributed by atoms with Crippen LogP contribution < -0.4 is 4.18 Å². The summed E-state index contributed by atoms with van der Waals surface area (Å²) in [6.45, 7) is 5.00. The molecule has 28 heavy (non-hydrogen) atoms. The number of rotatable bonds is 9. The van der Waals surface area contributed by atoms with Crippen molar-refractivity contribution in [1.82, 2.24) is 4.90 Å². The third-order valence-corrected chi connectivity index (χ3v) is 5.07. The van der Waals surface area contributed by atoms with Crippen molar-refractivity contribution in [2.75, 3.05) is 20.3 Å². The van der Waals surface area contributed by atoms with E-state index < -0.39 is 15.9 Å². The van der Waals surface area contributed by atoms with Gasteiger partial charge in [-0.15, -0.1) is 0 Å². The molecule has 0 saturated carbocycles. The second-order valence-electron chi connectivity index (χ2n) is 6.74. The number of ether oxygens (including phenoxy) is 1. The molecule has 0 aliphatic rings. The van der Waals surface area contributed by atoms with Crippen molar-refractivity contribution >= 4 is 16.0 Å². The molecule has 1 amide bonds. The predicted molar refractivity (Wildman–Crippen MR) is 103 cm³/mol. The molecule has 0 spiro atoms. The highest BCUT2D eigenvalue weighted by Crippen LogP contribution is 2.20. The molecule has 8 heteroatoms. The van der Waals surface area contributed by atoms with Gasteiger partial charge < -0.3 is 13.8 Å². The summed E-state index contributed by atoms with van der Waals surface area (Å²) in [6, 6.07) is 10.8. The van der Waals surface area contributed by atoms with E-state index in [2.05, 4.69) is 0 Å². The quantitative estimate of drug-likeness (QED) is 0.595. The maximum atomic E-state index is 13.0. The van der Waals surface area contributed by atoms with Crippen molar-refractivity contribution in [3.63, 3.8) is 0 Å². The Labute approximate surface area is 165 Å². The van der Waals surface area contributed by atoms with Crippen LogP contribution in [0.15, 0.2) is 53.4 Å². The zero-order valence-electron chi connectivity index (χ0n) is 16.1. The highest BCUT2D eigenvalue weighted by atomic mass is 32.2. The minimum absolute atomic E-state index is 0.00380. The molecule has 0 radical (unpaired) electrons. The van der Waals surface area contributed by atoms with Crippen LogP contribution in [-0.4, -0.2) is 39.5 Å². The number of hydrogen-bond acceptors (Lipinski definition) is 5. The first kappa shape index (κ1) is 21.8. The molecule has 0 fully saturated rings. The van der Waals surface area contributed by atoms with Crippen molar-refractivity contribution in [2.24, 2.45) is 5.92 Å². The third-order valence-electron chi connectivity index (χ3n) is 3.81. The third kappa shape index (κ3) is 6.31. The van der Waals surface area contributed by atoms with Gasteiger partial charge in [0.1, 0.15) is 23.1 Å². The second-order valence-corrected chi connectivity index (χ2v) is 8.28. The summed E-state index contributed by atoms with van der Waals surface area (Å²) in [4.78, 5) is 13.7. The summed E-state index contributed by atoms with van der Waals surface area (Å²) in [5.41, 5.74) is 0.830. The molecule has 0 unspecified atom stereocenters. The van der Waals surface area contributed by atoms with Crippen LogP contribution >= 0.6 is 0 Å². The van der Waals surface area contributed by atoms with Crippen LogP contribution in [0, 0.1) is 11.7 Å². The van der Waals surface area contributed by atoms with Crippen molar-refractivity contribution < 1.29 is 26.5 Å². The molecule has 0 aromatic heterocycles. The fourth-order valence-corrected chi connectivity index (χ4v) is 3.49. The van der Waals surface area contributed by atoms with Gasteiger partial charge in [0.25, 0.3) is 0 Å². The Morgan fingerprint density at radius 2 is 1.68 bits per heavy atom. The smallest absolute Gasteiger partial charge is 0.339 e. The minimum Gasteiger partial charge on any atom is -0.379 e. The Hall–Kier alpha value is -2.45. The van der Waals surface area contributed by atoms with Crippen molar-refractivity contribution in [3.05, 3.63) is 59.9 Å². The number of carbonyl (C=O) groups is 1. The number of benzene rings is 2. The van der Waals surface area contributed by atoms with E-state index in [9.17, 15) is 17.6 Å². The van der Waals surface area contributed by atoms with E-state index in [1.54, 1.807) is 17.0 Å². The fraction of sp³-hybridized carbons (Fsp3) is 0.350. The molecule has 2 rings (SSSR count). The molecular formula is C20H24FNO5S. The largest absolute Gasteiger partial charge is 0.379 e. The number of amides is 1. The van der Waals surface area contributed by atoms with Crippen LogP contribution in [0.4, 0.5) is 4.39 Å². The van der Waals surface area contributed by atoms with Crippen LogP contribution in [-0.2, 0) is 26.2 Å². The van der Waals surface area contributed by atoms with E-state index >= 15 is 0 Å². The second kappa shape index (κ2) is 9.66. The Balaban J connectivity index is 2.09. The van der Waals surface area contributed by atoms with Gasteiger partial charge in [-0.05, 0) is 47.9 Å². The normalized spacial score (nSPS) is 11.5. The molecular weight excluding hydrogens is 385 g/mol. The lowest BCUT2D eigenvalue weighted by molar-refractivity contribution is -0.136. The Morgan fingerprint density at radius 3 is 2.21 bits per heavy atom. The van der Waals surface area contributed by atoms with E-state index in [-0.39, 0.29) is 23.2 Å². The minimum atomic E-state index is -4.05.